The van der Waals surface area contributed by atoms with Gasteiger partial charge in [0.1, 0.15) is 0 Å². The molecule has 1 N–H and O–H groups in total. The van der Waals surface area contributed by atoms with E-state index in [9.17, 15) is 13.5 Å². The summed E-state index contributed by atoms with van der Waals surface area (Å²) >= 11 is 6.57. The van der Waals surface area contributed by atoms with Crippen LogP contribution in [0.2, 0.25) is 4.47 Å². The van der Waals surface area contributed by atoms with Crippen molar-refractivity contribution in [3.05, 3.63) is 34.4 Å². The lowest BCUT2D eigenvalue weighted by Crippen LogP contribution is -2.25. The van der Waals surface area contributed by atoms with Crippen molar-refractivity contribution in [2.75, 3.05) is 14.2 Å². The number of phenolic OH excluding ortho intramolecular Hbond substituents is 1. The Morgan fingerprint density at radius 1 is 1.48 bits per heavy atom. The molecular formula is C12H13ClN2O4S2. The number of rotatable bonds is 5. The highest BCUT2D eigenvalue weighted by molar-refractivity contribution is 7.91. The first kappa shape index (κ1) is 16.0. The molecular weight excluding hydrogens is 336 g/mol. The van der Waals surface area contributed by atoms with E-state index in [1.165, 1.54) is 30.7 Å². The minimum atomic E-state index is -3.64. The Morgan fingerprint density at radius 3 is 2.76 bits per heavy atom. The molecule has 0 atom stereocenters. The van der Waals surface area contributed by atoms with Gasteiger partial charge in [-0.3, -0.25) is 0 Å². The lowest BCUT2D eigenvalue weighted by atomic mass is 10.2. The Morgan fingerprint density at radius 2 is 2.19 bits per heavy atom. The highest BCUT2D eigenvalue weighted by Crippen LogP contribution is 2.29. The molecule has 0 amide bonds. The number of methoxy groups -OCH3 is 1. The molecule has 0 saturated carbocycles. The van der Waals surface area contributed by atoms with Gasteiger partial charge < -0.3 is 9.84 Å². The summed E-state index contributed by atoms with van der Waals surface area (Å²) in [6.45, 7) is 0.133. The molecule has 0 unspecified atom stereocenters. The molecule has 0 aliphatic rings. The number of nitrogens with zero attached hydrogens (tertiary/aromatic N) is 2. The number of phenols is 1. The average Bonchev–Trinajstić information content (AvgIpc) is 2.88. The van der Waals surface area contributed by atoms with E-state index in [1.807, 2.05) is 0 Å². The van der Waals surface area contributed by atoms with Crippen LogP contribution in [0.15, 0.2) is 28.6 Å². The third-order valence-corrected chi connectivity index (χ3v) is 6.13. The minimum Gasteiger partial charge on any atom is -0.504 e. The molecule has 0 bridgehead atoms. The summed E-state index contributed by atoms with van der Waals surface area (Å²) in [6.07, 6.45) is 1.23. The summed E-state index contributed by atoms with van der Waals surface area (Å²) in [7, 11) is -0.755. The Labute approximate surface area is 131 Å². The molecule has 1 aromatic heterocycles. The Balaban J connectivity index is 2.23. The van der Waals surface area contributed by atoms with Crippen LogP contribution < -0.4 is 4.74 Å². The van der Waals surface area contributed by atoms with Crippen molar-refractivity contribution < 1.29 is 18.3 Å². The van der Waals surface area contributed by atoms with Crippen molar-refractivity contribution in [3.8, 4) is 11.5 Å². The summed E-state index contributed by atoms with van der Waals surface area (Å²) in [4.78, 5) is 3.74. The van der Waals surface area contributed by atoms with E-state index < -0.39 is 10.0 Å². The maximum absolute atomic E-state index is 12.3. The fourth-order valence-corrected chi connectivity index (χ4v) is 4.34. The van der Waals surface area contributed by atoms with Crippen molar-refractivity contribution in [3.63, 3.8) is 0 Å². The van der Waals surface area contributed by atoms with Gasteiger partial charge in [0, 0.05) is 13.6 Å². The first-order valence-corrected chi connectivity index (χ1v) is 8.41. The molecule has 9 heteroatoms. The van der Waals surface area contributed by atoms with Gasteiger partial charge in [0.15, 0.2) is 20.2 Å². The fourth-order valence-electron chi connectivity index (χ4n) is 1.67. The fraction of sp³-hybridized carbons (Fsp3) is 0.250. The van der Waals surface area contributed by atoms with Gasteiger partial charge in [0.25, 0.3) is 10.0 Å². The first-order valence-electron chi connectivity index (χ1n) is 5.78. The lowest BCUT2D eigenvalue weighted by molar-refractivity contribution is 0.372. The van der Waals surface area contributed by atoms with Crippen LogP contribution in [-0.2, 0) is 16.6 Å². The van der Waals surface area contributed by atoms with Gasteiger partial charge in [0.05, 0.1) is 13.3 Å². The van der Waals surface area contributed by atoms with E-state index >= 15 is 0 Å². The van der Waals surface area contributed by atoms with Crippen LogP contribution in [0.4, 0.5) is 0 Å². The SMILES string of the molecule is COc1cc(CN(C)S(=O)(=O)c2cnc(Cl)s2)ccc1O. The van der Waals surface area contributed by atoms with Crippen molar-refractivity contribution >= 4 is 33.0 Å². The molecule has 0 fully saturated rings. The van der Waals surface area contributed by atoms with Gasteiger partial charge >= 0.3 is 0 Å². The zero-order valence-electron chi connectivity index (χ0n) is 11.3. The molecule has 114 valence electrons. The smallest absolute Gasteiger partial charge is 0.254 e. The largest absolute Gasteiger partial charge is 0.504 e. The zero-order chi connectivity index (χ0) is 15.6. The molecule has 21 heavy (non-hydrogen) atoms. The molecule has 1 aromatic carbocycles. The molecule has 1 heterocycles. The summed E-state index contributed by atoms with van der Waals surface area (Å²) in [5.41, 5.74) is 0.686. The predicted octanol–water partition coefficient (Wildman–Crippen LogP) is 2.33. The van der Waals surface area contributed by atoms with Gasteiger partial charge in [-0.25, -0.2) is 13.4 Å². The number of benzene rings is 1. The topological polar surface area (TPSA) is 79.7 Å². The van der Waals surface area contributed by atoms with Crippen molar-refractivity contribution in [1.82, 2.24) is 9.29 Å². The molecule has 0 radical (unpaired) electrons. The van der Waals surface area contributed by atoms with Gasteiger partial charge in [-0.2, -0.15) is 4.31 Å². The molecule has 2 aromatic rings. The zero-order valence-corrected chi connectivity index (χ0v) is 13.7. The normalized spacial score (nSPS) is 11.8. The number of ether oxygens (including phenoxy) is 1. The van der Waals surface area contributed by atoms with Crippen molar-refractivity contribution in [1.29, 1.82) is 0 Å². The van der Waals surface area contributed by atoms with Crippen LogP contribution in [0.3, 0.4) is 0 Å². The number of hydrogen-bond donors (Lipinski definition) is 1. The van der Waals surface area contributed by atoms with E-state index in [-0.39, 0.29) is 21.0 Å². The number of thiazole rings is 1. The third kappa shape index (κ3) is 3.46. The van der Waals surface area contributed by atoms with Gasteiger partial charge in [-0.1, -0.05) is 29.0 Å². The van der Waals surface area contributed by atoms with Crippen LogP contribution in [0, 0.1) is 0 Å². The van der Waals surface area contributed by atoms with Crippen LogP contribution in [-0.4, -0.2) is 37.0 Å². The Kier molecular flexibility index (Phi) is 4.72. The first-order chi connectivity index (χ1) is 9.84. The number of hydrogen-bond acceptors (Lipinski definition) is 6. The van der Waals surface area contributed by atoms with Gasteiger partial charge in [0.2, 0.25) is 0 Å². The molecule has 0 aliphatic carbocycles. The lowest BCUT2D eigenvalue weighted by Gasteiger charge is -2.16. The number of aromatic hydroxyl groups is 1. The summed E-state index contributed by atoms with van der Waals surface area (Å²) in [5.74, 6) is 0.292. The van der Waals surface area contributed by atoms with Crippen molar-refractivity contribution in [2.24, 2.45) is 0 Å². The van der Waals surface area contributed by atoms with Gasteiger partial charge in [-0.05, 0) is 17.7 Å². The highest BCUT2D eigenvalue weighted by Gasteiger charge is 2.23. The quantitative estimate of drug-likeness (QED) is 0.897. The second-order valence-electron chi connectivity index (χ2n) is 4.20. The maximum atomic E-state index is 12.3. The van der Waals surface area contributed by atoms with E-state index in [2.05, 4.69) is 4.98 Å². The second kappa shape index (κ2) is 6.18. The summed E-state index contributed by atoms with van der Waals surface area (Å²) in [5, 5.41) is 9.53. The minimum absolute atomic E-state index is 0.000925. The van der Waals surface area contributed by atoms with Crippen LogP contribution in [0.5, 0.6) is 11.5 Å². The molecule has 0 aliphatic heterocycles. The number of aromatic nitrogens is 1. The predicted molar refractivity (Wildman–Crippen MR) is 80.4 cm³/mol. The van der Waals surface area contributed by atoms with Crippen LogP contribution in [0.25, 0.3) is 0 Å². The summed E-state index contributed by atoms with van der Waals surface area (Å²) in [6, 6.07) is 4.67. The summed E-state index contributed by atoms with van der Waals surface area (Å²) < 4.78 is 31.1. The highest BCUT2D eigenvalue weighted by atomic mass is 35.5. The molecule has 2 rings (SSSR count). The van der Waals surface area contributed by atoms with Gasteiger partial charge in [-0.15, -0.1) is 0 Å². The average molecular weight is 349 g/mol. The van der Waals surface area contributed by atoms with E-state index in [0.717, 1.165) is 11.3 Å². The molecule has 0 saturated heterocycles. The second-order valence-corrected chi connectivity index (χ2v) is 8.08. The van der Waals surface area contributed by atoms with E-state index in [1.54, 1.807) is 12.1 Å². The third-order valence-electron chi connectivity index (χ3n) is 2.77. The van der Waals surface area contributed by atoms with E-state index in [4.69, 9.17) is 16.3 Å². The molecule has 6 nitrogen and oxygen atoms in total. The van der Waals surface area contributed by atoms with E-state index in [0.29, 0.717) is 11.3 Å². The van der Waals surface area contributed by atoms with Crippen LogP contribution in [0.1, 0.15) is 5.56 Å². The maximum Gasteiger partial charge on any atom is 0.254 e. The number of halogens is 1. The van der Waals surface area contributed by atoms with Crippen molar-refractivity contribution in [2.45, 2.75) is 10.8 Å². The Bertz CT molecular complexity index is 745. The van der Waals surface area contributed by atoms with Crippen LogP contribution >= 0.6 is 22.9 Å². The number of sulfonamides is 1. The molecule has 0 spiro atoms. The standard InChI is InChI=1S/C12H13ClN2O4S2/c1-15(21(17,18)11-6-14-12(13)20-11)7-8-3-4-9(16)10(5-8)19-2/h3-6,16H,7H2,1-2H3. The Hall–Kier alpha value is -1.35. The monoisotopic (exact) mass is 348 g/mol.